The van der Waals surface area contributed by atoms with Crippen LogP contribution in [0.2, 0.25) is 0 Å². The molecule has 0 bridgehead atoms. The predicted molar refractivity (Wildman–Crippen MR) is 38.4 cm³/mol. The molecule has 2 unspecified atom stereocenters. The maximum atomic E-state index is 5.27. The van der Waals surface area contributed by atoms with Crippen LogP contribution in [0.25, 0.3) is 0 Å². The average Bonchev–Trinajstić information content (AvgIpc) is 2.15. The zero-order valence-corrected chi connectivity index (χ0v) is 6.13. The van der Waals surface area contributed by atoms with E-state index in [9.17, 15) is 0 Å². The number of hydrogen-bond acceptors (Lipinski definition) is 3. The standard InChI is InChI=1S/C5H8OS2/c1-4-5(2-6-1)8-3-7-4/h4-5H,1-3H2. The molecule has 0 radical (unpaired) electrons. The summed E-state index contributed by atoms with van der Waals surface area (Å²) in [6.45, 7) is 2.00. The van der Waals surface area contributed by atoms with Gasteiger partial charge in [0.25, 0.3) is 0 Å². The minimum Gasteiger partial charge on any atom is -0.379 e. The van der Waals surface area contributed by atoms with E-state index < -0.39 is 0 Å². The normalized spacial score (nSPS) is 45.0. The molecule has 1 nitrogen and oxygen atoms in total. The lowest BCUT2D eigenvalue weighted by atomic mass is 10.4. The number of thioether (sulfide) groups is 2. The minimum absolute atomic E-state index is 0.833. The highest BCUT2D eigenvalue weighted by atomic mass is 32.2. The monoisotopic (exact) mass is 148 g/mol. The highest BCUT2D eigenvalue weighted by molar-refractivity contribution is 8.19. The van der Waals surface area contributed by atoms with Gasteiger partial charge in [-0.05, 0) is 0 Å². The molecule has 0 aromatic heterocycles. The molecule has 0 aromatic carbocycles. The first-order valence-electron chi connectivity index (χ1n) is 2.78. The Balaban J connectivity index is 2.04. The molecule has 0 aromatic rings. The van der Waals surface area contributed by atoms with E-state index in [0.29, 0.717) is 0 Å². The van der Waals surface area contributed by atoms with Crippen molar-refractivity contribution in [1.82, 2.24) is 0 Å². The molecule has 2 rings (SSSR count). The molecule has 0 saturated carbocycles. The van der Waals surface area contributed by atoms with Crippen molar-refractivity contribution in [2.24, 2.45) is 0 Å². The summed E-state index contributed by atoms with van der Waals surface area (Å²) in [7, 11) is 0. The van der Waals surface area contributed by atoms with E-state index in [1.165, 1.54) is 5.08 Å². The number of ether oxygens (including phenoxy) is 1. The maximum Gasteiger partial charge on any atom is 0.0597 e. The molecular formula is C5H8OS2. The van der Waals surface area contributed by atoms with E-state index in [4.69, 9.17) is 4.74 Å². The second-order valence-corrected chi connectivity index (χ2v) is 4.89. The van der Waals surface area contributed by atoms with Gasteiger partial charge in [0.1, 0.15) is 0 Å². The number of rotatable bonds is 0. The van der Waals surface area contributed by atoms with E-state index >= 15 is 0 Å². The van der Waals surface area contributed by atoms with Crippen LogP contribution in [0.3, 0.4) is 0 Å². The van der Waals surface area contributed by atoms with Crippen LogP contribution in [0.15, 0.2) is 0 Å². The van der Waals surface area contributed by atoms with Crippen molar-refractivity contribution in [1.29, 1.82) is 0 Å². The summed E-state index contributed by atoms with van der Waals surface area (Å²) in [5.74, 6) is 0. The molecule has 2 saturated heterocycles. The smallest absolute Gasteiger partial charge is 0.0597 e. The molecule has 2 fully saturated rings. The van der Waals surface area contributed by atoms with Gasteiger partial charge in [0.05, 0.1) is 13.2 Å². The Morgan fingerprint density at radius 3 is 2.38 bits per heavy atom. The van der Waals surface area contributed by atoms with Crippen molar-refractivity contribution in [3.05, 3.63) is 0 Å². The van der Waals surface area contributed by atoms with Crippen molar-refractivity contribution < 1.29 is 4.74 Å². The zero-order chi connectivity index (χ0) is 5.40. The molecule has 8 heavy (non-hydrogen) atoms. The summed E-state index contributed by atoms with van der Waals surface area (Å²) in [6, 6.07) is 0. The summed E-state index contributed by atoms with van der Waals surface area (Å²) in [6.07, 6.45) is 0. The SMILES string of the molecule is C1SC2COCC2S1. The fourth-order valence-corrected chi connectivity index (χ4v) is 4.20. The van der Waals surface area contributed by atoms with Gasteiger partial charge >= 0.3 is 0 Å². The first kappa shape index (κ1) is 5.45. The molecular weight excluding hydrogens is 140 g/mol. The first-order chi connectivity index (χ1) is 3.97. The molecule has 0 aliphatic carbocycles. The van der Waals surface area contributed by atoms with E-state index in [1.54, 1.807) is 0 Å². The van der Waals surface area contributed by atoms with Crippen molar-refractivity contribution in [3.8, 4) is 0 Å². The highest BCUT2D eigenvalue weighted by Crippen LogP contribution is 2.39. The van der Waals surface area contributed by atoms with Gasteiger partial charge in [-0.15, -0.1) is 23.5 Å². The third-order valence-corrected chi connectivity index (χ3v) is 4.59. The lowest BCUT2D eigenvalue weighted by Crippen LogP contribution is -2.10. The first-order valence-corrected chi connectivity index (χ1v) is 4.87. The fraction of sp³-hybridized carbons (Fsp3) is 1.00. The van der Waals surface area contributed by atoms with Crippen LogP contribution in [0.1, 0.15) is 0 Å². The van der Waals surface area contributed by atoms with Gasteiger partial charge in [-0.3, -0.25) is 0 Å². The number of fused-ring (bicyclic) bond motifs is 1. The van der Waals surface area contributed by atoms with Crippen LogP contribution in [0, 0.1) is 0 Å². The van der Waals surface area contributed by atoms with Crippen LogP contribution in [-0.2, 0) is 4.74 Å². The molecule has 2 aliphatic rings. The van der Waals surface area contributed by atoms with Crippen LogP contribution in [0.5, 0.6) is 0 Å². The zero-order valence-electron chi connectivity index (χ0n) is 4.50. The Kier molecular flexibility index (Phi) is 1.44. The predicted octanol–water partition coefficient (Wildman–Crippen LogP) is 1.19. The summed E-state index contributed by atoms with van der Waals surface area (Å²) in [4.78, 5) is 0. The summed E-state index contributed by atoms with van der Waals surface area (Å²) in [5.41, 5.74) is 0. The van der Waals surface area contributed by atoms with Gasteiger partial charge in [0, 0.05) is 15.6 Å². The fourth-order valence-electron chi connectivity index (χ4n) is 1.04. The molecule has 2 aliphatic heterocycles. The maximum absolute atomic E-state index is 5.27. The molecule has 2 atom stereocenters. The molecule has 3 heteroatoms. The van der Waals surface area contributed by atoms with E-state index in [-0.39, 0.29) is 0 Å². The van der Waals surface area contributed by atoms with Crippen LogP contribution < -0.4 is 0 Å². The van der Waals surface area contributed by atoms with Crippen LogP contribution in [-0.4, -0.2) is 28.8 Å². The molecule has 0 spiro atoms. The lowest BCUT2D eigenvalue weighted by molar-refractivity contribution is 0.200. The van der Waals surface area contributed by atoms with Crippen molar-refractivity contribution >= 4 is 23.5 Å². The Bertz CT molecular complexity index is 76.4. The van der Waals surface area contributed by atoms with Crippen molar-refractivity contribution in [3.63, 3.8) is 0 Å². The van der Waals surface area contributed by atoms with Gasteiger partial charge in [-0.2, -0.15) is 0 Å². The van der Waals surface area contributed by atoms with E-state index in [2.05, 4.69) is 23.5 Å². The third-order valence-electron chi connectivity index (χ3n) is 1.54. The van der Waals surface area contributed by atoms with Gasteiger partial charge in [0.15, 0.2) is 0 Å². The van der Waals surface area contributed by atoms with E-state index in [1.807, 2.05) is 0 Å². The summed E-state index contributed by atoms with van der Waals surface area (Å²) in [5, 5.41) is 2.96. The Labute approximate surface area is 57.5 Å². The Morgan fingerprint density at radius 2 is 1.75 bits per heavy atom. The van der Waals surface area contributed by atoms with Gasteiger partial charge in [-0.25, -0.2) is 0 Å². The second kappa shape index (κ2) is 2.12. The second-order valence-electron chi connectivity index (χ2n) is 2.07. The Morgan fingerprint density at radius 1 is 1.12 bits per heavy atom. The summed E-state index contributed by atoms with van der Waals surface area (Å²) >= 11 is 4.10. The Hall–Kier alpha value is 0.660. The minimum atomic E-state index is 0.833. The summed E-state index contributed by atoms with van der Waals surface area (Å²) < 4.78 is 5.27. The topological polar surface area (TPSA) is 9.23 Å². The van der Waals surface area contributed by atoms with Crippen molar-refractivity contribution in [2.45, 2.75) is 10.5 Å². The average molecular weight is 148 g/mol. The third kappa shape index (κ3) is 0.769. The van der Waals surface area contributed by atoms with Gasteiger partial charge in [0.2, 0.25) is 0 Å². The lowest BCUT2D eigenvalue weighted by Gasteiger charge is -1.99. The molecule has 0 amide bonds. The van der Waals surface area contributed by atoms with E-state index in [0.717, 1.165) is 23.7 Å². The highest BCUT2D eigenvalue weighted by Gasteiger charge is 2.33. The molecule has 2 heterocycles. The molecule has 46 valence electrons. The largest absolute Gasteiger partial charge is 0.379 e. The number of hydrogen-bond donors (Lipinski definition) is 0. The van der Waals surface area contributed by atoms with Crippen LogP contribution >= 0.6 is 23.5 Å². The van der Waals surface area contributed by atoms with Crippen LogP contribution in [0.4, 0.5) is 0 Å². The van der Waals surface area contributed by atoms with Crippen molar-refractivity contribution in [2.75, 3.05) is 18.3 Å². The quantitative estimate of drug-likeness (QED) is 0.511. The van der Waals surface area contributed by atoms with Gasteiger partial charge in [-0.1, -0.05) is 0 Å². The van der Waals surface area contributed by atoms with Gasteiger partial charge < -0.3 is 4.74 Å². The molecule has 0 N–H and O–H groups in total.